The average Bonchev–Trinajstić information content (AvgIpc) is 3.54. The molecule has 1 aromatic carbocycles. The first-order valence-corrected chi connectivity index (χ1v) is 14.1. The zero-order valence-corrected chi connectivity index (χ0v) is 23.2. The third-order valence-corrected chi connectivity index (χ3v) is 7.92. The Kier molecular flexibility index (Phi) is 8.55. The van der Waals surface area contributed by atoms with Gasteiger partial charge in [0.2, 0.25) is 0 Å². The van der Waals surface area contributed by atoms with Gasteiger partial charge in [0.1, 0.15) is 17.5 Å². The van der Waals surface area contributed by atoms with E-state index in [0.717, 1.165) is 49.9 Å². The summed E-state index contributed by atoms with van der Waals surface area (Å²) in [5.41, 5.74) is 0.481. The van der Waals surface area contributed by atoms with Gasteiger partial charge in [-0.1, -0.05) is 0 Å². The molecule has 0 bridgehead atoms. The van der Waals surface area contributed by atoms with Crippen molar-refractivity contribution in [2.75, 3.05) is 41.3 Å². The highest BCUT2D eigenvalue weighted by molar-refractivity contribution is 7.99. The molecule has 2 aliphatic rings. The summed E-state index contributed by atoms with van der Waals surface area (Å²) in [7, 11) is 0. The minimum atomic E-state index is -5.33. The first-order chi connectivity index (χ1) is 19.8. The molecule has 2 saturated heterocycles. The number of benzene rings is 1. The molecule has 0 saturated carbocycles. The number of carbonyl (C=O) groups excluding carboxylic acids is 1. The molecule has 5 rings (SSSR count). The molecule has 0 aliphatic carbocycles. The van der Waals surface area contributed by atoms with Gasteiger partial charge < -0.3 is 20.4 Å². The lowest BCUT2D eigenvalue weighted by atomic mass is 9.94. The van der Waals surface area contributed by atoms with Crippen molar-refractivity contribution in [3.05, 3.63) is 42.1 Å². The van der Waals surface area contributed by atoms with E-state index in [0.29, 0.717) is 39.5 Å². The van der Waals surface area contributed by atoms with Gasteiger partial charge in [0.25, 0.3) is 0 Å². The van der Waals surface area contributed by atoms with Crippen molar-refractivity contribution in [1.29, 1.82) is 0 Å². The predicted octanol–water partition coefficient (Wildman–Crippen LogP) is 5.44. The zero-order chi connectivity index (χ0) is 30.1. The number of hydrogen-bond donors (Lipinski definition) is 3. The molecule has 2 fully saturated rings. The van der Waals surface area contributed by atoms with E-state index in [1.54, 1.807) is 0 Å². The SMILES string of the molecule is Cc1cc(Nc2cc(N3CC4CCCNC4C3)nc(Sc3ccc(N(CCC(F)(F)F)C(=O)C(F)(F)F)cc3)n2)[nH]n1. The van der Waals surface area contributed by atoms with E-state index in [4.69, 9.17) is 4.98 Å². The van der Waals surface area contributed by atoms with Crippen LogP contribution in [0.4, 0.5) is 49.5 Å². The minimum Gasteiger partial charge on any atom is -0.355 e. The number of alkyl halides is 6. The van der Waals surface area contributed by atoms with Gasteiger partial charge in [0.05, 0.1) is 12.1 Å². The third-order valence-electron chi connectivity index (χ3n) is 7.05. The molecular formula is C26H28F6N8OS. The first-order valence-electron chi connectivity index (χ1n) is 13.2. The Morgan fingerprint density at radius 3 is 2.52 bits per heavy atom. The van der Waals surface area contributed by atoms with Gasteiger partial charge in [-0.3, -0.25) is 9.89 Å². The highest BCUT2D eigenvalue weighted by atomic mass is 32.2. The van der Waals surface area contributed by atoms with Crippen LogP contribution in [-0.2, 0) is 4.79 Å². The number of rotatable bonds is 8. The maximum Gasteiger partial charge on any atom is 0.471 e. The van der Waals surface area contributed by atoms with Crippen LogP contribution < -0.4 is 20.4 Å². The summed E-state index contributed by atoms with van der Waals surface area (Å²) in [6, 6.07) is 9.20. The second-order valence-electron chi connectivity index (χ2n) is 10.2. The summed E-state index contributed by atoms with van der Waals surface area (Å²) in [6.07, 6.45) is -9.39. The Morgan fingerprint density at radius 1 is 1.12 bits per heavy atom. The van der Waals surface area contributed by atoms with Gasteiger partial charge in [-0.25, -0.2) is 9.97 Å². The van der Waals surface area contributed by atoms with Crippen molar-refractivity contribution < 1.29 is 31.1 Å². The van der Waals surface area contributed by atoms with Crippen LogP contribution in [0.5, 0.6) is 0 Å². The van der Waals surface area contributed by atoms with E-state index in [1.807, 2.05) is 19.1 Å². The van der Waals surface area contributed by atoms with Gasteiger partial charge in [0.15, 0.2) is 5.16 Å². The number of aromatic amines is 1. The summed E-state index contributed by atoms with van der Waals surface area (Å²) >= 11 is 1.13. The second-order valence-corrected chi connectivity index (χ2v) is 11.3. The number of piperidine rings is 1. The number of amides is 1. The van der Waals surface area contributed by atoms with Crippen LogP contribution in [0, 0.1) is 12.8 Å². The second kappa shape index (κ2) is 12.0. The number of nitrogens with one attached hydrogen (secondary N) is 3. The fourth-order valence-electron chi connectivity index (χ4n) is 5.08. The molecule has 2 aromatic heterocycles. The standard InChI is InChI=1S/C26H28F6N8OS/c1-15-11-21(38-37-15)34-20-12-22(39-13-16-3-2-9-33-19(16)14-39)36-24(35-20)42-18-6-4-17(5-7-18)40(10-8-25(27,28)29)23(41)26(30,31)32/h4-7,11-12,16,19,33H,2-3,8-10,13-14H2,1H3,(H2,34,35,36,37,38). The Labute approximate surface area is 241 Å². The van der Waals surface area contributed by atoms with Gasteiger partial charge >= 0.3 is 18.3 Å². The molecule has 9 nitrogen and oxygen atoms in total. The molecular weight excluding hydrogens is 586 g/mol. The van der Waals surface area contributed by atoms with Crippen molar-refractivity contribution >= 4 is 40.8 Å². The molecule has 42 heavy (non-hydrogen) atoms. The molecule has 3 N–H and O–H groups in total. The molecule has 2 atom stereocenters. The molecule has 3 aromatic rings. The Bertz CT molecular complexity index is 1380. The number of fused-ring (bicyclic) bond motifs is 1. The highest BCUT2D eigenvalue weighted by Crippen LogP contribution is 2.34. The Hall–Kier alpha value is -3.53. The maximum atomic E-state index is 13.1. The lowest BCUT2D eigenvalue weighted by molar-refractivity contribution is -0.171. The van der Waals surface area contributed by atoms with Crippen molar-refractivity contribution in [3.8, 4) is 0 Å². The van der Waals surface area contributed by atoms with Crippen molar-refractivity contribution in [3.63, 3.8) is 0 Å². The van der Waals surface area contributed by atoms with Crippen LogP contribution in [0.1, 0.15) is 25.0 Å². The van der Waals surface area contributed by atoms with Crippen LogP contribution in [0.25, 0.3) is 0 Å². The molecule has 226 valence electrons. The minimum absolute atomic E-state index is 0.0916. The topological polar surface area (TPSA) is 102 Å². The number of halogens is 6. The number of carbonyl (C=O) groups is 1. The third kappa shape index (κ3) is 7.45. The van der Waals surface area contributed by atoms with Gasteiger partial charge in [-0.2, -0.15) is 31.4 Å². The van der Waals surface area contributed by atoms with E-state index < -0.39 is 31.2 Å². The molecule has 0 spiro atoms. The summed E-state index contributed by atoms with van der Waals surface area (Å²) in [4.78, 5) is 24.0. The van der Waals surface area contributed by atoms with Crippen molar-refractivity contribution in [2.45, 2.75) is 54.6 Å². The number of nitrogens with zero attached hydrogens (tertiary/aromatic N) is 5. The monoisotopic (exact) mass is 614 g/mol. The smallest absolute Gasteiger partial charge is 0.355 e. The van der Waals surface area contributed by atoms with Crippen LogP contribution in [-0.4, -0.2) is 70.6 Å². The fraction of sp³-hybridized carbons (Fsp3) is 0.462. The first kappa shape index (κ1) is 29.9. The van der Waals surface area contributed by atoms with Crippen molar-refractivity contribution in [1.82, 2.24) is 25.5 Å². The fourth-order valence-corrected chi connectivity index (χ4v) is 5.85. The normalized spacial score (nSPS) is 19.1. The lowest BCUT2D eigenvalue weighted by Crippen LogP contribution is -2.42. The summed E-state index contributed by atoms with van der Waals surface area (Å²) in [5.74, 6) is -0.0345. The molecule has 1 amide bonds. The number of aryl methyl sites for hydroxylation is 1. The summed E-state index contributed by atoms with van der Waals surface area (Å²) in [5, 5.41) is 14.1. The van der Waals surface area contributed by atoms with E-state index >= 15 is 0 Å². The van der Waals surface area contributed by atoms with Crippen LogP contribution in [0.3, 0.4) is 0 Å². The molecule has 2 unspecified atom stereocenters. The lowest BCUT2D eigenvalue weighted by Gasteiger charge is -2.24. The largest absolute Gasteiger partial charge is 0.471 e. The van der Waals surface area contributed by atoms with Gasteiger partial charge in [-0.15, -0.1) is 0 Å². The van der Waals surface area contributed by atoms with E-state index in [1.165, 1.54) is 24.3 Å². The van der Waals surface area contributed by atoms with E-state index in [-0.39, 0.29) is 10.6 Å². The molecule has 4 heterocycles. The number of anilines is 4. The highest BCUT2D eigenvalue weighted by Gasteiger charge is 2.44. The van der Waals surface area contributed by atoms with Crippen LogP contribution in [0.2, 0.25) is 0 Å². The average molecular weight is 615 g/mol. The summed E-state index contributed by atoms with van der Waals surface area (Å²) in [6.45, 7) is 3.27. The Balaban J connectivity index is 1.38. The quantitative estimate of drug-likeness (QED) is 0.228. The van der Waals surface area contributed by atoms with E-state index in [2.05, 4.69) is 30.7 Å². The molecule has 2 aliphatic heterocycles. The zero-order valence-electron chi connectivity index (χ0n) is 22.4. The van der Waals surface area contributed by atoms with Gasteiger partial charge in [0, 0.05) is 48.4 Å². The number of H-pyrrole nitrogens is 1. The number of hydrogen-bond acceptors (Lipinski definition) is 8. The van der Waals surface area contributed by atoms with Crippen LogP contribution >= 0.6 is 11.8 Å². The van der Waals surface area contributed by atoms with Crippen molar-refractivity contribution in [2.24, 2.45) is 5.92 Å². The maximum absolute atomic E-state index is 13.1. The Morgan fingerprint density at radius 2 is 1.88 bits per heavy atom. The summed E-state index contributed by atoms with van der Waals surface area (Å²) < 4.78 is 77.6. The predicted molar refractivity (Wildman–Crippen MR) is 145 cm³/mol. The molecule has 0 radical (unpaired) electrons. The van der Waals surface area contributed by atoms with E-state index in [9.17, 15) is 31.1 Å². The van der Waals surface area contributed by atoms with Crippen LogP contribution in [0.15, 0.2) is 46.5 Å². The molecule has 16 heteroatoms. The number of aromatic nitrogens is 4. The van der Waals surface area contributed by atoms with Gasteiger partial charge in [-0.05, 0) is 68.3 Å².